The summed E-state index contributed by atoms with van der Waals surface area (Å²) in [5.74, 6) is 1.39. The number of hydrogen-bond acceptors (Lipinski definition) is 1. The maximum Gasteiger partial charge on any atom is 0.135 e. The van der Waals surface area contributed by atoms with Gasteiger partial charge in [0.2, 0.25) is 0 Å². The monoisotopic (exact) mass is 288 g/mol. The van der Waals surface area contributed by atoms with E-state index in [1.54, 1.807) is 0 Å². The highest BCUT2D eigenvalue weighted by Gasteiger charge is 2.06. The van der Waals surface area contributed by atoms with Crippen molar-refractivity contribution in [2.75, 3.05) is 0 Å². The second kappa shape index (κ2) is 9.76. The van der Waals surface area contributed by atoms with Crippen LogP contribution in [0.4, 0.5) is 0 Å². The third-order valence-corrected chi connectivity index (χ3v) is 4.05. The topological polar surface area (TPSA) is 17.1 Å². The van der Waals surface area contributed by atoms with Crippen molar-refractivity contribution in [2.45, 2.75) is 72.6 Å². The molecule has 1 aromatic rings. The molecule has 0 saturated heterocycles. The first-order valence-corrected chi connectivity index (χ1v) is 8.59. The average molecular weight is 288 g/mol. The molecule has 0 aliphatic rings. The van der Waals surface area contributed by atoms with Gasteiger partial charge in [0.25, 0.3) is 0 Å². The maximum atomic E-state index is 11.5. The van der Waals surface area contributed by atoms with Gasteiger partial charge >= 0.3 is 0 Å². The number of aryl methyl sites for hydroxylation is 2. The number of ketones is 1. The molecular formula is C20H32O. The Bertz CT molecular complexity index is 400. The summed E-state index contributed by atoms with van der Waals surface area (Å²) in [7, 11) is 0. The Balaban J connectivity index is 2.23. The van der Waals surface area contributed by atoms with Crippen molar-refractivity contribution >= 4 is 5.78 Å². The van der Waals surface area contributed by atoms with Gasteiger partial charge in [-0.2, -0.15) is 0 Å². The number of carbonyl (C=O) groups excluding carboxylic acids is 1. The summed E-state index contributed by atoms with van der Waals surface area (Å²) in [6.45, 7) is 8.54. The number of unbranched alkanes of at least 4 members (excludes halogenated alkanes) is 1. The number of carbonyl (C=O) groups is 1. The molecule has 0 amide bonds. The first-order chi connectivity index (χ1) is 9.99. The van der Waals surface area contributed by atoms with E-state index in [9.17, 15) is 4.79 Å². The summed E-state index contributed by atoms with van der Waals surface area (Å²) in [5, 5.41) is 0. The van der Waals surface area contributed by atoms with E-state index >= 15 is 0 Å². The second-order valence-electron chi connectivity index (χ2n) is 6.93. The lowest BCUT2D eigenvalue weighted by Gasteiger charge is -2.07. The molecule has 1 heteroatoms. The first-order valence-electron chi connectivity index (χ1n) is 8.59. The van der Waals surface area contributed by atoms with E-state index in [2.05, 4.69) is 38.1 Å². The summed E-state index contributed by atoms with van der Waals surface area (Å²) >= 11 is 0. The molecule has 0 unspecified atom stereocenters. The van der Waals surface area contributed by atoms with Crippen LogP contribution in [0.15, 0.2) is 24.3 Å². The van der Waals surface area contributed by atoms with E-state index in [-0.39, 0.29) is 5.92 Å². The fraction of sp³-hybridized carbons (Fsp3) is 0.650. The zero-order valence-corrected chi connectivity index (χ0v) is 14.3. The molecule has 0 aliphatic carbocycles. The highest BCUT2D eigenvalue weighted by Crippen LogP contribution is 2.13. The highest BCUT2D eigenvalue weighted by atomic mass is 16.1. The van der Waals surface area contributed by atoms with E-state index in [0.717, 1.165) is 31.6 Å². The molecule has 0 bridgehead atoms. The van der Waals surface area contributed by atoms with Gasteiger partial charge in [0.05, 0.1) is 0 Å². The molecule has 0 fully saturated rings. The zero-order chi connectivity index (χ0) is 15.7. The lowest BCUT2D eigenvalue weighted by Crippen LogP contribution is -2.06. The van der Waals surface area contributed by atoms with Crippen molar-refractivity contribution in [3.63, 3.8) is 0 Å². The van der Waals surface area contributed by atoms with Crippen LogP contribution in [0, 0.1) is 11.8 Å². The summed E-state index contributed by atoms with van der Waals surface area (Å²) in [6, 6.07) is 9.06. The zero-order valence-electron chi connectivity index (χ0n) is 14.3. The van der Waals surface area contributed by atoms with Crippen LogP contribution in [0.1, 0.15) is 70.9 Å². The van der Waals surface area contributed by atoms with Crippen molar-refractivity contribution in [1.82, 2.24) is 0 Å². The van der Waals surface area contributed by atoms with Gasteiger partial charge in [0.15, 0.2) is 0 Å². The third-order valence-electron chi connectivity index (χ3n) is 4.05. The molecule has 0 atom stereocenters. The fourth-order valence-electron chi connectivity index (χ4n) is 2.50. The molecule has 0 heterocycles. The molecule has 0 aliphatic heterocycles. The number of benzene rings is 1. The summed E-state index contributed by atoms with van der Waals surface area (Å²) < 4.78 is 0. The minimum atomic E-state index is 0.190. The van der Waals surface area contributed by atoms with Crippen LogP contribution in [0.5, 0.6) is 0 Å². The molecule has 0 N–H and O–H groups in total. The Labute approximate surface area is 131 Å². The van der Waals surface area contributed by atoms with Crippen LogP contribution < -0.4 is 0 Å². The minimum Gasteiger partial charge on any atom is -0.299 e. The van der Waals surface area contributed by atoms with Crippen molar-refractivity contribution in [3.05, 3.63) is 35.4 Å². The Morgan fingerprint density at radius 2 is 1.38 bits per heavy atom. The van der Waals surface area contributed by atoms with E-state index in [1.807, 2.05) is 13.8 Å². The van der Waals surface area contributed by atoms with Crippen molar-refractivity contribution in [1.29, 1.82) is 0 Å². The van der Waals surface area contributed by atoms with Crippen LogP contribution in [0.2, 0.25) is 0 Å². The normalized spacial score (nSPS) is 11.3. The Morgan fingerprint density at radius 3 is 1.86 bits per heavy atom. The maximum absolute atomic E-state index is 11.5. The lowest BCUT2D eigenvalue weighted by atomic mass is 9.99. The Hall–Kier alpha value is -1.11. The van der Waals surface area contributed by atoms with Gasteiger partial charge in [-0.05, 0) is 49.1 Å². The van der Waals surface area contributed by atoms with E-state index < -0.39 is 0 Å². The van der Waals surface area contributed by atoms with Crippen molar-refractivity contribution in [2.24, 2.45) is 11.8 Å². The molecular weight excluding hydrogens is 256 g/mol. The van der Waals surface area contributed by atoms with Gasteiger partial charge in [-0.1, -0.05) is 58.4 Å². The number of Topliss-reactive ketones (excluding diaryl/α,β-unsaturated/α-hetero) is 1. The molecule has 1 rings (SSSR count). The van der Waals surface area contributed by atoms with Crippen LogP contribution >= 0.6 is 0 Å². The molecule has 0 spiro atoms. The summed E-state index contributed by atoms with van der Waals surface area (Å²) in [6.07, 6.45) is 7.77. The van der Waals surface area contributed by atoms with E-state index in [0.29, 0.717) is 5.78 Å². The highest BCUT2D eigenvalue weighted by molar-refractivity contribution is 5.80. The van der Waals surface area contributed by atoms with E-state index in [1.165, 1.54) is 30.4 Å². The predicted octanol–water partition coefficient (Wildman–Crippen LogP) is 5.60. The first kappa shape index (κ1) is 17.9. The number of rotatable bonds is 10. The van der Waals surface area contributed by atoms with Gasteiger partial charge in [-0.3, -0.25) is 4.79 Å². The summed E-state index contributed by atoms with van der Waals surface area (Å²) in [5.41, 5.74) is 2.86. The Morgan fingerprint density at radius 1 is 0.857 bits per heavy atom. The molecule has 21 heavy (non-hydrogen) atoms. The third kappa shape index (κ3) is 8.04. The van der Waals surface area contributed by atoms with Gasteiger partial charge < -0.3 is 0 Å². The molecule has 0 saturated carbocycles. The van der Waals surface area contributed by atoms with E-state index in [4.69, 9.17) is 0 Å². The van der Waals surface area contributed by atoms with Crippen molar-refractivity contribution in [3.8, 4) is 0 Å². The van der Waals surface area contributed by atoms with Crippen LogP contribution in [-0.4, -0.2) is 5.78 Å². The summed E-state index contributed by atoms with van der Waals surface area (Å²) in [4.78, 5) is 11.5. The minimum absolute atomic E-state index is 0.190. The molecule has 0 radical (unpaired) electrons. The van der Waals surface area contributed by atoms with Crippen LogP contribution in [-0.2, 0) is 17.6 Å². The van der Waals surface area contributed by atoms with Crippen LogP contribution in [0.25, 0.3) is 0 Å². The fourth-order valence-corrected chi connectivity index (χ4v) is 2.50. The smallest absolute Gasteiger partial charge is 0.135 e. The van der Waals surface area contributed by atoms with Gasteiger partial charge in [0.1, 0.15) is 5.78 Å². The SMILES string of the molecule is CC(C)CCCc1ccc(CCCCC(=O)C(C)C)cc1. The molecule has 118 valence electrons. The van der Waals surface area contributed by atoms with Gasteiger partial charge in [0, 0.05) is 12.3 Å². The predicted molar refractivity (Wildman–Crippen MR) is 91.6 cm³/mol. The lowest BCUT2D eigenvalue weighted by molar-refractivity contribution is -0.122. The molecule has 1 aromatic carbocycles. The molecule has 1 nitrogen and oxygen atoms in total. The Kier molecular flexibility index (Phi) is 8.34. The van der Waals surface area contributed by atoms with Crippen LogP contribution in [0.3, 0.4) is 0 Å². The second-order valence-corrected chi connectivity index (χ2v) is 6.93. The quantitative estimate of drug-likeness (QED) is 0.512. The average Bonchev–Trinajstić information content (AvgIpc) is 2.44. The largest absolute Gasteiger partial charge is 0.299 e. The number of hydrogen-bond donors (Lipinski definition) is 0. The van der Waals surface area contributed by atoms with Gasteiger partial charge in [-0.25, -0.2) is 0 Å². The van der Waals surface area contributed by atoms with Gasteiger partial charge in [-0.15, -0.1) is 0 Å². The van der Waals surface area contributed by atoms with Crippen molar-refractivity contribution < 1.29 is 4.79 Å². The standard InChI is InChI=1S/C20H32O/c1-16(2)8-7-10-19-14-12-18(13-15-19)9-5-6-11-20(21)17(3)4/h12-17H,5-11H2,1-4H3. The molecule has 0 aromatic heterocycles.